The highest BCUT2D eigenvalue weighted by atomic mass is 16.2. The smallest absolute Gasteiger partial charge is 0.170 e. The fourth-order valence-electron chi connectivity index (χ4n) is 6.13. The highest BCUT2D eigenvalue weighted by molar-refractivity contribution is 6.27. The Kier molecular flexibility index (Phi) is 28.6. The van der Waals surface area contributed by atoms with Crippen LogP contribution < -0.4 is 40.1 Å². The number of ketones is 3. The molecule has 0 amide bonds. The van der Waals surface area contributed by atoms with E-state index in [9.17, 15) is 14.4 Å². The van der Waals surface area contributed by atoms with Gasteiger partial charge in [-0.25, -0.2) is 0 Å². The molecule has 0 bridgehead atoms. The van der Waals surface area contributed by atoms with Crippen LogP contribution in [0.1, 0.15) is 148 Å². The third kappa shape index (κ3) is 18.7. The average molecular weight is 652 g/mol. The second-order valence-electron chi connectivity index (χ2n) is 13.1. The first-order valence-corrected chi connectivity index (χ1v) is 18.6. The SMILES string of the molecule is NCCCCCCCC/C=C\CCCCCCCC(C(=O)[C@@H](N)CCCCN)(C(=O)[C@@H](N)CCCCN)C(=O)[C@@H](N)CCCCN. The predicted molar refractivity (Wildman–Crippen MR) is 193 cm³/mol. The van der Waals surface area contributed by atoms with Crippen LogP contribution in [0, 0.1) is 5.41 Å². The Morgan fingerprint density at radius 1 is 0.413 bits per heavy atom. The van der Waals surface area contributed by atoms with E-state index in [2.05, 4.69) is 12.2 Å². The van der Waals surface area contributed by atoms with Crippen molar-refractivity contribution in [1.82, 2.24) is 0 Å². The number of carbonyl (C=O) groups excluding carboxylic acids is 3. The summed E-state index contributed by atoms with van der Waals surface area (Å²) in [5.41, 5.74) is 39.8. The molecule has 14 N–H and O–H groups in total. The summed E-state index contributed by atoms with van der Waals surface area (Å²) in [5.74, 6) is -1.61. The van der Waals surface area contributed by atoms with E-state index in [1.807, 2.05) is 0 Å². The summed E-state index contributed by atoms with van der Waals surface area (Å²) in [7, 11) is 0. The number of Topliss-reactive ketones (excluding diaryl/α,β-unsaturated/α-hetero) is 3. The number of hydrogen-bond acceptors (Lipinski definition) is 10. The molecular weight excluding hydrogens is 578 g/mol. The monoisotopic (exact) mass is 652 g/mol. The van der Waals surface area contributed by atoms with Gasteiger partial charge in [0, 0.05) is 0 Å². The summed E-state index contributed by atoms with van der Waals surface area (Å²) in [6, 6.07) is -2.89. The highest BCUT2D eigenvalue weighted by Crippen LogP contribution is 2.35. The quantitative estimate of drug-likeness (QED) is 0.0300. The van der Waals surface area contributed by atoms with Crippen LogP contribution in [0.5, 0.6) is 0 Å². The molecule has 0 spiro atoms. The fourth-order valence-corrected chi connectivity index (χ4v) is 6.13. The van der Waals surface area contributed by atoms with E-state index in [1.165, 1.54) is 32.1 Å². The topological polar surface area (TPSA) is 233 Å². The Labute approximate surface area is 281 Å². The molecule has 0 saturated carbocycles. The van der Waals surface area contributed by atoms with Crippen LogP contribution in [0.2, 0.25) is 0 Å². The number of nitrogens with two attached hydrogens (primary N) is 7. The summed E-state index contributed by atoms with van der Waals surface area (Å²) < 4.78 is 0. The van der Waals surface area contributed by atoms with E-state index >= 15 is 0 Å². The zero-order valence-electron chi connectivity index (χ0n) is 29.2. The van der Waals surface area contributed by atoms with Crippen LogP contribution >= 0.6 is 0 Å². The minimum absolute atomic E-state index is 0.0927. The lowest BCUT2D eigenvalue weighted by molar-refractivity contribution is -0.152. The molecule has 0 aliphatic rings. The van der Waals surface area contributed by atoms with Gasteiger partial charge in [-0.1, -0.05) is 82.8 Å². The summed E-state index contributed by atoms with van der Waals surface area (Å²) >= 11 is 0. The summed E-state index contributed by atoms with van der Waals surface area (Å²) in [4.78, 5) is 42.4. The predicted octanol–water partition coefficient (Wildman–Crippen LogP) is 4.03. The van der Waals surface area contributed by atoms with Gasteiger partial charge in [0.2, 0.25) is 0 Å². The van der Waals surface area contributed by atoms with Gasteiger partial charge in [0.1, 0.15) is 0 Å². The van der Waals surface area contributed by atoms with Gasteiger partial charge >= 0.3 is 0 Å². The first-order chi connectivity index (χ1) is 22.2. The van der Waals surface area contributed by atoms with Gasteiger partial charge in [-0.3, -0.25) is 14.4 Å². The van der Waals surface area contributed by atoms with Crippen molar-refractivity contribution in [2.45, 2.75) is 166 Å². The van der Waals surface area contributed by atoms with E-state index in [1.54, 1.807) is 0 Å². The lowest BCUT2D eigenvalue weighted by Gasteiger charge is -2.36. The Morgan fingerprint density at radius 2 is 0.696 bits per heavy atom. The van der Waals surface area contributed by atoms with Gasteiger partial charge in [-0.2, -0.15) is 0 Å². The van der Waals surface area contributed by atoms with Gasteiger partial charge in [0.25, 0.3) is 0 Å². The maximum atomic E-state index is 14.1. The zero-order valence-corrected chi connectivity index (χ0v) is 29.2. The molecule has 46 heavy (non-hydrogen) atoms. The third-order valence-electron chi connectivity index (χ3n) is 9.09. The molecule has 0 aliphatic carbocycles. The van der Waals surface area contributed by atoms with E-state index in [4.69, 9.17) is 40.1 Å². The average Bonchev–Trinajstić information content (AvgIpc) is 3.05. The molecule has 0 heterocycles. The molecule has 0 fully saturated rings. The number of allylic oxidation sites excluding steroid dienone is 2. The minimum Gasteiger partial charge on any atom is -0.330 e. The van der Waals surface area contributed by atoms with Crippen molar-refractivity contribution in [2.24, 2.45) is 45.6 Å². The van der Waals surface area contributed by atoms with Gasteiger partial charge in [0.15, 0.2) is 22.8 Å². The maximum Gasteiger partial charge on any atom is 0.170 e. The maximum absolute atomic E-state index is 14.1. The molecule has 0 aromatic rings. The molecule has 0 aromatic heterocycles. The molecule has 0 aliphatic heterocycles. The van der Waals surface area contributed by atoms with Crippen molar-refractivity contribution in [3.05, 3.63) is 12.2 Å². The van der Waals surface area contributed by atoms with Gasteiger partial charge in [0.05, 0.1) is 18.1 Å². The van der Waals surface area contributed by atoms with Crippen molar-refractivity contribution in [3.63, 3.8) is 0 Å². The summed E-state index contributed by atoms with van der Waals surface area (Å²) in [6.07, 6.45) is 23.8. The number of carbonyl (C=O) groups is 3. The standard InChI is InChI=1S/C36H73N7O3/c37-26-18-13-11-9-7-5-3-1-2-4-6-8-10-12-17-25-36(33(44)30(41)22-14-19-27-38,34(45)31(42)23-15-20-28-39)35(46)32(43)24-16-21-29-40/h1-2,30-32H,3-29,37-43H2/b2-1-/t30-,31-,32-/m0/s1. The molecule has 0 radical (unpaired) electrons. The van der Waals surface area contributed by atoms with Crippen molar-refractivity contribution in [2.75, 3.05) is 26.2 Å². The molecule has 0 unspecified atom stereocenters. The lowest BCUT2D eigenvalue weighted by Crippen LogP contribution is -2.61. The van der Waals surface area contributed by atoms with Crippen LogP contribution in [0.15, 0.2) is 12.2 Å². The van der Waals surface area contributed by atoms with Crippen molar-refractivity contribution >= 4 is 17.3 Å². The molecule has 0 saturated heterocycles. The first kappa shape index (κ1) is 44.5. The Morgan fingerprint density at radius 3 is 1.04 bits per heavy atom. The minimum atomic E-state index is -1.93. The van der Waals surface area contributed by atoms with Crippen LogP contribution in [-0.2, 0) is 14.4 Å². The third-order valence-corrected chi connectivity index (χ3v) is 9.09. The van der Waals surface area contributed by atoms with Crippen molar-refractivity contribution < 1.29 is 14.4 Å². The summed E-state index contributed by atoms with van der Waals surface area (Å²) in [5, 5.41) is 0. The van der Waals surface area contributed by atoms with Gasteiger partial charge < -0.3 is 40.1 Å². The molecule has 10 heteroatoms. The van der Waals surface area contributed by atoms with Crippen LogP contribution in [0.3, 0.4) is 0 Å². The fraction of sp³-hybridized carbons (Fsp3) is 0.861. The Balaban J connectivity index is 5.40. The van der Waals surface area contributed by atoms with E-state index in [0.717, 1.165) is 51.5 Å². The molecule has 0 rings (SSSR count). The molecular formula is C36H73N7O3. The van der Waals surface area contributed by atoms with Crippen LogP contribution in [0.25, 0.3) is 0 Å². The van der Waals surface area contributed by atoms with E-state index in [0.29, 0.717) is 83.8 Å². The number of rotatable bonds is 34. The first-order valence-electron chi connectivity index (χ1n) is 18.6. The second-order valence-corrected chi connectivity index (χ2v) is 13.1. The van der Waals surface area contributed by atoms with Crippen molar-refractivity contribution in [3.8, 4) is 0 Å². The Hall–Kier alpha value is -1.53. The normalized spacial score (nSPS) is 14.1. The van der Waals surface area contributed by atoms with Gasteiger partial charge in [-0.05, 0) is 103 Å². The molecule has 3 atom stereocenters. The molecule has 10 nitrogen and oxygen atoms in total. The Bertz CT molecular complexity index is 739. The molecule has 0 aromatic carbocycles. The van der Waals surface area contributed by atoms with Crippen molar-refractivity contribution in [1.29, 1.82) is 0 Å². The second kappa shape index (κ2) is 29.6. The largest absolute Gasteiger partial charge is 0.330 e. The van der Waals surface area contributed by atoms with Gasteiger partial charge in [-0.15, -0.1) is 0 Å². The zero-order chi connectivity index (χ0) is 34.5. The number of unbranched alkanes of at least 4 members (excludes halogenated alkanes) is 14. The van der Waals surface area contributed by atoms with E-state index in [-0.39, 0.29) is 6.42 Å². The lowest BCUT2D eigenvalue weighted by atomic mass is 9.65. The van der Waals surface area contributed by atoms with E-state index < -0.39 is 40.9 Å². The number of hydrogen-bond donors (Lipinski definition) is 7. The van der Waals surface area contributed by atoms with Crippen LogP contribution in [0.4, 0.5) is 0 Å². The van der Waals surface area contributed by atoms with Crippen LogP contribution in [-0.4, -0.2) is 61.7 Å². The summed E-state index contributed by atoms with van der Waals surface area (Å²) in [6.45, 7) is 2.23. The molecule has 270 valence electrons. The highest BCUT2D eigenvalue weighted by Gasteiger charge is 2.54.